The molecule has 0 saturated carbocycles. The molecule has 2 aromatic carbocycles. The molecule has 1 unspecified atom stereocenters. The number of hydrogen-bond donors (Lipinski definition) is 2. The van der Waals surface area contributed by atoms with Crippen molar-refractivity contribution in [1.82, 2.24) is 5.32 Å². The molecule has 0 bridgehead atoms. The first kappa shape index (κ1) is 16.3. The summed E-state index contributed by atoms with van der Waals surface area (Å²) >= 11 is 5.45. The van der Waals surface area contributed by atoms with E-state index in [9.17, 15) is 0 Å². The number of rotatable bonds is 5. The van der Waals surface area contributed by atoms with Crippen LogP contribution < -0.4 is 15.4 Å². The standard InChI is InChI=1S/C18H22N2OS/c1-4-15(14-8-6-5-7-9-14)19-18(22)20-16-12-13(2)10-11-17(16)21-3/h5-12,15H,4H2,1-3H3,(H2,19,20,22). The van der Waals surface area contributed by atoms with E-state index in [0.29, 0.717) is 5.11 Å². The number of aryl methyl sites for hydroxylation is 1. The van der Waals surface area contributed by atoms with Crippen molar-refractivity contribution in [2.24, 2.45) is 0 Å². The molecular formula is C18H22N2OS. The third kappa shape index (κ3) is 4.21. The molecule has 2 rings (SSSR count). The molecule has 4 heteroatoms. The Morgan fingerprint density at radius 3 is 2.55 bits per heavy atom. The van der Waals surface area contributed by atoms with Gasteiger partial charge in [-0.05, 0) is 48.8 Å². The van der Waals surface area contributed by atoms with E-state index in [4.69, 9.17) is 17.0 Å². The van der Waals surface area contributed by atoms with Gasteiger partial charge in [-0.3, -0.25) is 0 Å². The van der Waals surface area contributed by atoms with Crippen molar-refractivity contribution in [3.8, 4) is 5.75 Å². The number of thiocarbonyl (C=S) groups is 1. The highest BCUT2D eigenvalue weighted by Gasteiger charge is 2.11. The van der Waals surface area contributed by atoms with Gasteiger partial charge in [-0.1, -0.05) is 43.3 Å². The summed E-state index contributed by atoms with van der Waals surface area (Å²) < 4.78 is 5.37. The van der Waals surface area contributed by atoms with E-state index >= 15 is 0 Å². The lowest BCUT2D eigenvalue weighted by Crippen LogP contribution is -2.32. The van der Waals surface area contributed by atoms with Crippen molar-refractivity contribution in [3.63, 3.8) is 0 Å². The van der Waals surface area contributed by atoms with Crippen LogP contribution in [-0.2, 0) is 0 Å². The molecule has 2 N–H and O–H groups in total. The van der Waals surface area contributed by atoms with E-state index in [-0.39, 0.29) is 6.04 Å². The second-order valence-electron chi connectivity index (χ2n) is 5.17. The Kier molecular flexibility index (Phi) is 5.78. The molecule has 2 aromatic rings. The molecule has 0 heterocycles. The number of methoxy groups -OCH3 is 1. The summed E-state index contributed by atoms with van der Waals surface area (Å²) in [7, 11) is 1.66. The van der Waals surface area contributed by atoms with Gasteiger partial charge in [-0.25, -0.2) is 0 Å². The molecule has 0 saturated heterocycles. The average Bonchev–Trinajstić information content (AvgIpc) is 2.53. The lowest BCUT2D eigenvalue weighted by Gasteiger charge is -2.21. The fraction of sp³-hybridized carbons (Fsp3) is 0.278. The molecule has 0 amide bonds. The summed E-state index contributed by atoms with van der Waals surface area (Å²) in [6.45, 7) is 4.18. The minimum atomic E-state index is 0.192. The van der Waals surface area contributed by atoms with Gasteiger partial charge in [0, 0.05) is 0 Å². The van der Waals surface area contributed by atoms with Crippen molar-refractivity contribution in [2.45, 2.75) is 26.3 Å². The monoisotopic (exact) mass is 314 g/mol. The maximum Gasteiger partial charge on any atom is 0.171 e. The summed E-state index contributed by atoms with van der Waals surface area (Å²) in [5, 5.41) is 7.20. The molecule has 0 aromatic heterocycles. The maximum absolute atomic E-state index is 5.45. The van der Waals surface area contributed by atoms with Gasteiger partial charge in [0.2, 0.25) is 0 Å². The summed E-state index contributed by atoms with van der Waals surface area (Å²) in [6, 6.07) is 16.5. The second kappa shape index (κ2) is 7.80. The minimum absolute atomic E-state index is 0.192. The SMILES string of the molecule is CCC(NC(=S)Nc1cc(C)ccc1OC)c1ccccc1. The minimum Gasteiger partial charge on any atom is -0.495 e. The first-order valence-electron chi connectivity index (χ1n) is 7.41. The van der Waals surface area contributed by atoms with Gasteiger partial charge in [0.05, 0.1) is 18.8 Å². The van der Waals surface area contributed by atoms with E-state index in [1.807, 2.05) is 43.3 Å². The third-order valence-electron chi connectivity index (χ3n) is 3.52. The molecule has 22 heavy (non-hydrogen) atoms. The van der Waals surface area contributed by atoms with Crippen LogP contribution in [0, 0.1) is 6.92 Å². The first-order valence-corrected chi connectivity index (χ1v) is 7.82. The highest BCUT2D eigenvalue weighted by Crippen LogP contribution is 2.25. The van der Waals surface area contributed by atoms with Crippen LogP contribution in [0.2, 0.25) is 0 Å². The topological polar surface area (TPSA) is 33.3 Å². The zero-order valence-electron chi connectivity index (χ0n) is 13.2. The zero-order chi connectivity index (χ0) is 15.9. The van der Waals surface area contributed by atoms with Gasteiger partial charge in [-0.2, -0.15) is 0 Å². The Morgan fingerprint density at radius 2 is 1.91 bits per heavy atom. The summed E-state index contributed by atoms with van der Waals surface area (Å²) in [5.41, 5.74) is 3.26. The third-order valence-corrected chi connectivity index (χ3v) is 3.74. The number of hydrogen-bond acceptors (Lipinski definition) is 2. The molecular weight excluding hydrogens is 292 g/mol. The highest BCUT2D eigenvalue weighted by molar-refractivity contribution is 7.80. The van der Waals surface area contributed by atoms with Crippen LogP contribution in [0.15, 0.2) is 48.5 Å². The smallest absolute Gasteiger partial charge is 0.171 e. The van der Waals surface area contributed by atoms with Crippen molar-refractivity contribution in [1.29, 1.82) is 0 Å². The van der Waals surface area contributed by atoms with Crippen LogP contribution in [0.4, 0.5) is 5.69 Å². The number of benzene rings is 2. The Labute approximate surface area is 137 Å². The molecule has 0 radical (unpaired) electrons. The first-order chi connectivity index (χ1) is 10.6. The molecule has 116 valence electrons. The van der Waals surface area contributed by atoms with E-state index in [2.05, 4.69) is 29.7 Å². The Bertz CT molecular complexity index is 628. The molecule has 1 atom stereocenters. The predicted molar refractivity (Wildman–Crippen MR) is 96.6 cm³/mol. The van der Waals surface area contributed by atoms with Crippen LogP contribution >= 0.6 is 12.2 Å². The molecule has 0 aliphatic carbocycles. The molecule has 3 nitrogen and oxygen atoms in total. The normalized spacial score (nSPS) is 11.6. The van der Waals surface area contributed by atoms with Gasteiger partial charge < -0.3 is 15.4 Å². The van der Waals surface area contributed by atoms with E-state index in [0.717, 1.165) is 23.4 Å². The summed E-state index contributed by atoms with van der Waals surface area (Å²) in [4.78, 5) is 0. The summed E-state index contributed by atoms with van der Waals surface area (Å²) in [5.74, 6) is 0.780. The number of nitrogens with one attached hydrogen (secondary N) is 2. The predicted octanol–water partition coefficient (Wildman–Crippen LogP) is 4.44. The number of anilines is 1. The van der Waals surface area contributed by atoms with Crippen LogP contribution in [0.25, 0.3) is 0 Å². The lowest BCUT2D eigenvalue weighted by atomic mass is 10.1. The molecule has 0 aliphatic rings. The Morgan fingerprint density at radius 1 is 1.18 bits per heavy atom. The van der Waals surface area contributed by atoms with Gasteiger partial charge in [-0.15, -0.1) is 0 Å². The Hall–Kier alpha value is -2.07. The molecule has 0 fully saturated rings. The fourth-order valence-corrected chi connectivity index (χ4v) is 2.59. The van der Waals surface area contributed by atoms with Gasteiger partial charge >= 0.3 is 0 Å². The van der Waals surface area contributed by atoms with Crippen LogP contribution in [-0.4, -0.2) is 12.2 Å². The lowest BCUT2D eigenvalue weighted by molar-refractivity contribution is 0.417. The Balaban J connectivity index is 2.08. The van der Waals surface area contributed by atoms with Gasteiger partial charge in [0.15, 0.2) is 5.11 Å². The summed E-state index contributed by atoms with van der Waals surface area (Å²) in [6.07, 6.45) is 0.955. The van der Waals surface area contributed by atoms with Crippen molar-refractivity contribution in [3.05, 3.63) is 59.7 Å². The van der Waals surface area contributed by atoms with E-state index < -0.39 is 0 Å². The maximum atomic E-state index is 5.45. The van der Waals surface area contributed by atoms with Crippen LogP contribution in [0.5, 0.6) is 5.75 Å². The average molecular weight is 314 g/mol. The van der Waals surface area contributed by atoms with E-state index in [1.165, 1.54) is 5.56 Å². The molecule has 0 spiro atoms. The second-order valence-corrected chi connectivity index (χ2v) is 5.58. The quantitative estimate of drug-likeness (QED) is 0.799. The van der Waals surface area contributed by atoms with Crippen molar-refractivity contribution < 1.29 is 4.74 Å². The highest BCUT2D eigenvalue weighted by atomic mass is 32.1. The van der Waals surface area contributed by atoms with Crippen molar-refractivity contribution in [2.75, 3.05) is 12.4 Å². The van der Waals surface area contributed by atoms with Crippen molar-refractivity contribution >= 4 is 23.0 Å². The van der Waals surface area contributed by atoms with Gasteiger partial charge in [0.1, 0.15) is 5.75 Å². The van der Waals surface area contributed by atoms with E-state index in [1.54, 1.807) is 7.11 Å². The van der Waals surface area contributed by atoms with Crippen LogP contribution in [0.3, 0.4) is 0 Å². The van der Waals surface area contributed by atoms with Gasteiger partial charge in [0.25, 0.3) is 0 Å². The zero-order valence-corrected chi connectivity index (χ0v) is 14.0. The largest absolute Gasteiger partial charge is 0.495 e. The number of ether oxygens (including phenoxy) is 1. The molecule has 0 aliphatic heterocycles. The fourth-order valence-electron chi connectivity index (χ4n) is 2.34. The van der Waals surface area contributed by atoms with Crippen LogP contribution in [0.1, 0.15) is 30.5 Å².